The Morgan fingerprint density at radius 3 is 2.56 bits per heavy atom. The van der Waals surface area contributed by atoms with Crippen molar-refractivity contribution in [3.63, 3.8) is 0 Å². The largest absolute Gasteiger partial charge is 0.487 e. The molecule has 0 atom stereocenters. The summed E-state index contributed by atoms with van der Waals surface area (Å²) < 4.78 is 32.2. The minimum Gasteiger partial charge on any atom is -0.487 e. The number of ether oxygens (including phenoxy) is 1. The SMILES string of the molecule is CS(=O)(=O)c1nsc(NC(=O)/C(C#N)=C\c2ccc(OCc3ccc(Cl)cc3)c(Cl)c2)n1. The van der Waals surface area contributed by atoms with Gasteiger partial charge in [0.25, 0.3) is 11.1 Å². The van der Waals surface area contributed by atoms with E-state index in [0.717, 1.165) is 11.8 Å². The van der Waals surface area contributed by atoms with Crippen molar-refractivity contribution in [2.75, 3.05) is 11.6 Å². The van der Waals surface area contributed by atoms with Crippen molar-refractivity contribution in [1.29, 1.82) is 5.26 Å². The Morgan fingerprint density at radius 1 is 1.25 bits per heavy atom. The second kappa shape index (κ2) is 10.1. The first-order valence-electron chi connectivity index (χ1n) is 8.79. The van der Waals surface area contributed by atoms with Crippen molar-refractivity contribution in [2.24, 2.45) is 0 Å². The molecule has 8 nitrogen and oxygen atoms in total. The highest BCUT2D eigenvalue weighted by Gasteiger charge is 2.17. The Bertz CT molecular complexity index is 1330. The minimum absolute atomic E-state index is 0.0412. The first kappa shape index (κ1) is 23.7. The third-order valence-electron chi connectivity index (χ3n) is 3.90. The van der Waals surface area contributed by atoms with E-state index in [9.17, 15) is 18.5 Å². The van der Waals surface area contributed by atoms with Crippen molar-refractivity contribution in [3.8, 4) is 11.8 Å². The maximum atomic E-state index is 12.4. The molecule has 1 aromatic heterocycles. The van der Waals surface area contributed by atoms with E-state index in [1.807, 2.05) is 12.1 Å². The molecular weight excluding hydrogens is 495 g/mol. The van der Waals surface area contributed by atoms with Crippen LogP contribution in [0.15, 0.2) is 53.2 Å². The van der Waals surface area contributed by atoms with E-state index >= 15 is 0 Å². The molecule has 12 heteroatoms. The van der Waals surface area contributed by atoms with Gasteiger partial charge in [0.2, 0.25) is 15.0 Å². The Kier molecular flexibility index (Phi) is 7.48. The van der Waals surface area contributed by atoms with Crippen LogP contribution in [0.5, 0.6) is 5.75 Å². The number of benzene rings is 2. The average Bonchev–Trinajstić information content (AvgIpc) is 3.21. The van der Waals surface area contributed by atoms with Crippen LogP contribution in [0.3, 0.4) is 0 Å². The van der Waals surface area contributed by atoms with Gasteiger partial charge in [0.15, 0.2) is 0 Å². The quantitative estimate of drug-likeness (QED) is 0.371. The summed E-state index contributed by atoms with van der Waals surface area (Å²) in [5.41, 5.74) is 1.18. The smallest absolute Gasteiger partial charge is 0.268 e. The van der Waals surface area contributed by atoms with Gasteiger partial charge in [-0.3, -0.25) is 10.1 Å². The number of amides is 1. The molecule has 164 valence electrons. The molecule has 1 heterocycles. The molecule has 3 rings (SSSR count). The van der Waals surface area contributed by atoms with Gasteiger partial charge in [-0.1, -0.05) is 41.4 Å². The molecule has 2 aromatic carbocycles. The van der Waals surface area contributed by atoms with Gasteiger partial charge in [-0.15, -0.1) is 0 Å². The fourth-order valence-electron chi connectivity index (χ4n) is 2.36. The number of nitrogens with one attached hydrogen (secondary N) is 1. The van der Waals surface area contributed by atoms with Gasteiger partial charge in [0.05, 0.1) is 5.02 Å². The Labute approximate surface area is 198 Å². The molecule has 0 bridgehead atoms. The topological polar surface area (TPSA) is 122 Å². The molecule has 1 amide bonds. The third-order valence-corrected chi connectivity index (χ3v) is 6.04. The van der Waals surface area contributed by atoms with Crippen molar-refractivity contribution >= 4 is 61.7 Å². The van der Waals surface area contributed by atoms with Crippen molar-refractivity contribution < 1.29 is 17.9 Å². The standard InChI is InChI=1S/C20H14Cl2N4O4S2/c1-32(28,29)20-25-19(31-26-20)24-18(27)14(10-23)8-13-4-7-17(16(22)9-13)30-11-12-2-5-15(21)6-3-12/h2-9H,11H2,1H3,(H,24,25,26,27)/b14-8-. The predicted molar refractivity (Wildman–Crippen MR) is 122 cm³/mol. The minimum atomic E-state index is -3.60. The molecule has 0 aliphatic carbocycles. The highest BCUT2D eigenvalue weighted by molar-refractivity contribution is 7.90. The van der Waals surface area contributed by atoms with E-state index in [0.29, 0.717) is 32.9 Å². The summed E-state index contributed by atoms with van der Waals surface area (Å²) in [5.74, 6) is -0.327. The van der Waals surface area contributed by atoms with Crippen LogP contribution >= 0.6 is 34.7 Å². The van der Waals surface area contributed by atoms with Crippen LogP contribution in [-0.4, -0.2) is 29.9 Å². The summed E-state index contributed by atoms with van der Waals surface area (Å²) in [4.78, 5) is 16.1. The molecule has 3 aromatic rings. The van der Waals surface area contributed by atoms with Crippen LogP contribution in [0.4, 0.5) is 5.13 Å². The van der Waals surface area contributed by atoms with Crippen LogP contribution in [-0.2, 0) is 21.2 Å². The van der Waals surface area contributed by atoms with Crippen molar-refractivity contribution in [3.05, 3.63) is 69.2 Å². The zero-order chi connectivity index (χ0) is 23.3. The number of carbonyl (C=O) groups excluding carboxylic acids is 1. The van der Waals surface area contributed by atoms with Crippen LogP contribution in [0.1, 0.15) is 11.1 Å². The number of nitriles is 1. The number of hydrogen-bond donors (Lipinski definition) is 1. The average molecular weight is 509 g/mol. The fraction of sp³-hybridized carbons (Fsp3) is 0.100. The Morgan fingerprint density at radius 2 is 1.97 bits per heavy atom. The van der Waals surface area contributed by atoms with E-state index in [-0.39, 0.29) is 17.3 Å². The van der Waals surface area contributed by atoms with Crippen LogP contribution in [0.25, 0.3) is 6.08 Å². The normalized spacial score (nSPS) is 11.6. The molecule has 0 saturated heterocycles. The number of sulfone groups is 1. The number of halogens is 2. The molecule has 0 unspecified atom stereocenters. The molecule has 0 fully saturated rings. The molecule has 0 aliphatic heterocycles. The maximum Gasteiger partial charge on any atom is 0.268 e. The van der Waals surface area contributed by atoms with Gasteiger partial charge in [0, 0.05) is 22.8 Å². The lowest BCUT2D eigenvalue weighted by Gasteiger charge is -2.09. The van der Waals surface area contributed by atoms with E-state index in [1.165, 1.54) is 6.08 Å². The molecule has 0 aliphatic rings. The van der Waals surface area contributed by atoms with Gasteiger partial charge < -0.3 is 4.74 Å². The predicted octanol–water partition coefficient (Wildman–Crippen LogP) is 4.37. The fourth-order valence-corrected chi connectivity index (χ4v) is 4.17. The van der Waals surface area contributed by atoms with Gasteiger partial charge >= 0.3 is 0 Å². The first-order valence-corrected chi connectivity index (χ1v) is 12.2. The lowest BCUT2D eigenvalue weighted by atomic mass is 10.1. The number of carbonyl (C=O) groups is 1. The number of anilines is 1. The summed E-state index contributed by atoms with van der Waals surface area (Å²) in [7, 11) is -3.60. The molecule has 0 spiro atoms. The van der Waals surface area contributed by atoms with E-state index in [1.54, 1.807) is 36.4 Å². The molecule has 0 saturated carbocycles. The van der Waals surface area contributed by atoms with Crippen molar-refractivity contribution in [1.82, 2.24) is 9.36 Å². The molecular formula is C20H14Cl2N4O4S2. The lowest BCUT2D eigenvalue weighted by Crippen LogP contribution is -2.13. The Balaban J connectivity index is 1.70. The van der Waals surface area contributed by atoms with Crippen LogP contribution in [0, 0.1) is 11.3 Å². The number of hydrogen-bond acceptors (Lipinski definition) is 8. The third kappa shape index (κ3) is 6.27. The zero-order valence-corrected chi connectivity index (χ0v) is 19.5. The molecule has 1 N–H and O–H groups in total. The lowest BCUT2D eigenvalue weighted by molar-refractivity contribution is -0.112. The van der Waals surface area contributed by atoms with E-state index in [2.05, 4.69) is 14.7 Å². The van der Waals surface area contributed by atoms with Crippen LogP contribution < -0.4 is 10.1 Å². The van der Waals surface area contributed by atoms with Gasteiger partial charge in [-0.25, -0.2) is 8.42 Å². The van der Waals surface area contributed by atoms with Crippen molar-refractivity contribution in [2.45, 2.75) is 11.8 Å². The Hall–Kier alpha value is -2.97. The monoisotopic (exact) mass is 508 g/mol. The second-order valence-electron chi connectivity index (χ2n) is 6.38. The summed E-state index contributed by atoms with van der Waals surface area (Å²) >= 11 is 12.8. The number of aromatic nitrogens is 2. The van der Waals surface area contributed by atoms with Crippen LogP contribution in [0.2, 0.25) is 10.0 Å². The first-order chi connectivity index (χ1) is 15.2. The summed E-state index contributed by atoms with van der Waals surface area (Å²) in [6.07, 6.45) is 2.29. The highest BCUT2D eigenvalue weighted by atomic mass is 35.5. The summed E-state index contributed by atoms with van der Waals surface area (Å²) in [5, 5.41) is 12.2. The van der Waals surface area contributed by atoms with Gasteiger partial charge in [-0.05, 0) is 41.5 Å². The van der Waals surface area contributed by atoms with Gasteiger partial charge in [0.1, 0.15) is 24.0 Å². The zero-order valence-electron chi connectivity index (χ0n) is 16.4. The second-order valence-corrected chi connectivity index (χ2v) is 9.89. The number of rotatable bonds is 7. The summed E-state index contributed by atoms with van der Waals surface area (Å²) in [6.45, 7) is 0.287. The molecule has 0 radical (unpaired) electrons. The maximum absolute atomic E-state index is 12.4. The number of nitrogens with zero attached hydrogens (tertiary/aromatic N) is 3. The highest BCUT2D eigenvalue weighted by Crippen LogP contribution is 2.27. The van der Waals surface area contributed by atoms with E-state index in [4.69, 9.17) is 27.9 Å². The molecule has 32 heavy (non-hydrogen) atoms. The van der Waals surface area contributed by atoms with Gasteiger partial charge in [-0.2, -0.15) is 14.6 Å². The summed E-state index contributed by atoms with van der Waals surface area (Å²) in [6, 6.07) is 13.8. The van der Waals surface area contributed by atoms with E-state index < -0.39 is 20.9 Å².